The van der Waals surface area contributed by atoms with Gasteiger partial charge in [0, 0.05) is 38.9 Å². The summed E-state index contributed by atoms with van der Waals surface area (Å²) in [5.74, 6) is 0.763. The largest absolute Gasteiger partial charge is 0.362 e. The maximum Gasteiger partial charge on any atom is 0.226 e. The molecule has 6 heteroatoms. The van der Waals surface area contributed by atoms with Crippen LogP contribution in [0.1, 0.15) is 22.7 Å². The van der Waals surface area contributed by atoms with Crippen molar-refractivity contribution in [1.82, 2.24) is 21.2 Å². The van der Waals surface area contributed by atoms with Crippen molar-refractivity contribution < 1.29 is 4.79 Å². The second-order valence-electron chi connectivity index (χ2n) is 6.62. The molecule has 1 fully saturated rings. The van der Waals surface area contributed by atoms with Crippen molar-refractivity contribution in [2.24, 2.45) is 5.92 Å². The molecule has 2 unspecified atom stereocenters. The first-order chi connectivity index (χ1) is 12.1. The van der Waals surface area contributed by atoms with Crippen LogP contribution < -0.4 is 21.1 Å². The fourth-order valence-corrected chi connectivity index (χ4v) is 3.20. The molecule has 0 radical (unpaired) electrons. The first-order valence-corrected chi connectivity index (χ1v) is 8.50. The lowest BCUT2D eigenvalue weighted by Crippen LogP contribution is -2.35. The van der Waals surface area contributed by atoms with E-state index in [0.717, 1.165) is 16.9 Å². The minimum absolute atomic E-state index is 0.0258. The van der Waals surface area contributed by atoms with Gasteiger partial charge in [-0.15, -0.1) is 0 Å². The van der Waals surface area contributed by atoms with Gasteiger partial charge in [-0.1, -0.05) is 35.9 Å². The van der Waals surface area contributed by atoms with E-state index in [1.165, 1.54) is 5.56 Å². The summed E-state index contributed by atoms with van der Waals surface area (Å²) in [5, 5.41) is 3.06. The number of aryl methyl sites for hydroxylation is 1. The Morgan fingerprint density at radius 3 is 2.92 bits per heavy atom. The van der Waals surface area contributed by atoms with Gasteiger partial charge in [-0.3, -0.25) is 10.2 Å². The van der Waals surface area contributed by atoms with Gasteiger partial charge in [-0.05, 0) is 18.6 Å². The van der Waals surface area contributed by atoms with Crippen molar-refractivity contribution in [3.63, 3.8) is 0 Å². The Bertz CT molecular complexity index is 746. The van der Waals surface area contributed by atoms with E-state index in [-0.39, 0.29) is 17.9 Å². The summed E-state index contributed by atoms with van der Waals surface area (Å²) in [6, 6.07) is 12.1. The number of aromatic nitrogens is 1. The first-order valence-electron chi connectivity index (χ1n) is 8.50. The van der Waals surface area contributed by atoms with E-state index in [1.807, 2.05) is 37.2 Å². The number of hydrogen-bond donors (Lipinski definition) is 3. The zero-order valence-electron chi connectivity index (χ0n) is 14.9. The molecular formula is C19H25N5O. The van der Waals surface area contributed by atoms with Crippen molar-refractivity contribution in [3.8, 4) is 0 Å². The van der Waals surface area contributed by atoms with E-state index >= 15 is 0 Å². The summed E-state index contributed by atoms with van der Waals surface area (Å²) >= 11 is 0. The number of carbonyl (C=O) groups is 1. The number of pyridine rings is 1. The Balaban J connectivity index is 1.69. The second kappa shape index (κ2) is 7.63. The molecule has 1 amide bonds. The van der Waals surface area contributed by atoms with Crippen molar-refractivity contribution >= 4 is 11.7 Å². The van der Waals surface area contributed by atoms with Crippen LogP contribution in [-0.2, 0) is 11.3 Å². The van der Waals surface area contributed by atoms with Crippen LogP contribution in [0.2, 0.25) is 0 Å². The number of benzene rings is 1. The highest BCUT2D eigenvalue weighted by Crippen LogP contribution is 2.26. The van der Waals surface area contributed by atoms with Crippen LogP contribution >= 0.6 is 0 Å². The SMILES string of the molecule is Cc1cccc(C2NNCC2C(=O)NCc2cccnc2N(C)C)c1. The number of nitrogens with one attached hydrogen (secondary N) is 3. The van der Waals surface area contributed by atoms with Gasteiger partial charge in [0.05, 0.1) is 12.0 Å². The Morgan fingerprint density at radius 2 is 2.16 bits per heavy atom. The number of rotatable bonds is 5. The van der Waals surface area contributed by atoms with Crippen LogP contribution in [0.5, 0.6) is 0 Å². The third kappa shape index (κ3) is 3.97. The van der Waals surface area contributed by atoms with E-state index in [0.29, 0.717) is 13.1 Å². The highest BCUT2D eigenvalue weighted by atomic mass is 16.2. The summed E-state index contributed by atoms with van der Waals surface area (Å²) in [6.45, 7) is 3.14. The lowest BCUT2D eigenvalue weighted by molar-refractivity contribution is -0.125. The molecule has 1 aliphatic heterocycles. The normalized spacial score (nSPS) is 19.6. The maximum atomic E-state index is 12.7. The van der Waals surface area contributed by atoms with Gasteiger partial charge in [0.2, 0.25) is 5.91 Å². The van der Waals surface area contributed by atoms with Crippen LogP contribution in [-0.4, -0.2) is 31.5 Å². The molecule has 6 nitrogen and oxygen atoms in total. The zero-order chi connectivity index (χ0) is 17.8. The first kappa shape index (κ1) is 17.4. The molecule has 132 valence electrons. The van der Waals surface area contributed by atoms with E-state index in [4.69, 9.17) is 0 Å². The quantitative estimate of drug-likeness (QED) is 0.771. The van der Waals surface area contributed by atoms with Gasteiger partial charge in [0.15, 0.2) is 0 Å². The summed E-state index contributed by atoms with van der Waals surface area (Å²) in [7, 11) is 3.90. The molecule has 1 aromatic carbocycles. The highest BCUT2D eigenvalue weighted by Gasteiger charge is 2.33. The second-order valence-corrected chi connectivity index (χ2v) is 6.62. The number of anilines is 1. The fourth-order valence-electron chi connectivity index (χ4n) is 3.20. The van der Waals surface area contributed by atoms with Gasteiger partial charge >= 0.3 is 0 Å². The molecular weight excluding hydrogens is 314 g/mol. The molecule has 25 heavy (non-hydrogen) atoms. The van der Waals surface area contributed by atoms with Crippen LogP contribution in [0.25, 0.3) is 0 Å². The minimum Gasteiger partial charge on any atom is -0.362 e. The molecule has 2 aromatic rings. The molecule has 1 aliphatic rings. The highest BCUT2D eigenvalue weighted by molar-refractivity contribution is 5.80. The van der Waals surface area contributed by atoms with Gasteiger partial charge in [-0.25, -0.2) is 10.4 Å². The molecule has 2 atom stereocenters. The van der Waals surface area contributed by atoms with Crippen molar-refractivity contribution in [3.05, 3.63) is 59.3 Å². The topological polar surface area (TPSA) is 69.3 Å². The third-order valence-electron chi connectivity index (χ3n) is 4.46. The lowest BCUT2D eigenvalue weighted by Gasteiger charge is -2.20. The average Bonchev–Trinajstić information content (AvgIpc) is 3.09. The van der Waals surface area contributed by atoms with E-state index in [9.17, 15) is 4.79 Å². The summed E-state index contributed by atoms with van der Waals surface area (Å²) in [6.07, 6.45) is 1.76. The predicted molar refractivity (Wildman–Crippen MR) is 99.0 cm³/mol. The number of nitrogens with zero attached hydrogens (tertiary/aromatic N) is 2. The number of carbonyl (C=O) groups excluding carboxylic acids is 1. The van der Waals surface area contributed by atoms with Crippen molar-refractivity contribution in [1.29, 1.82) is 0 Å². The number of hydrogen-bond acceptors (Lipinski definition) is 5. The van der Waals surface area contributed by atoms with Crippen LogP contribution in [0.3, 0.4) is 0 Å². The summed E-state index contributed by atoms with van der Waals surface area (Å²) < 4.78 is 0. The van der Waals surface area contributed by atoms with Gasteiger partial charge in [-0.2, -0.15) is 0 Å². The molecule has 0 saturated carbocycles. The molecule has 0 spiro atoms. The minimum atomic E-state index is -0.152. The van der Waals surface area contributed by atoms with Crippen LogP contribution in [0.15, 0.2) is 42.6 Å². The molecule has 0 bridgehead atoms. The standard InChI is InChI=1S/C19H25N5O/c1-13-6-4-7-14(10-13)17-16(12-22-23-17)19(25)21-11-15-8-5-9-20-18(15)24(2)3/h4-10,16-17,22-23H,11-12H2,1-3H3,(H,21,25). The van der Waals surface area contributed by atoms with Gasteiger partial charge in [0.25, 0.3) is 0 Å². The molecule has 0 aliphatic carbocycles. The van der Waals surface area contributed by atoms with E-state index in [2.05, 4.69) is 46.3 Å². The molecule has 1 aromatic heterocycles. The molecule has 3 rings (SSSR count). The monoisotopic (exact) mass is 339 g/mol. The lowest BCUT2D eigenvalue weighted by atomic mass is 9.93. The fraction of sp³-hybridized carbons (Fsp3) is 0.368. The third-order valence-corrected chi connectivity index (χ3v) is 4.46. The molecule has 3 N–H and O–H groups in total. The summed E-state index contributed by atoms with van der Waals surface area (Å²) in [4.78, 5) is 19.1. The predicted octanol–water partition coefficient (Wildman–Crippen LogP) is 1.54. The number of amides is 1. The van der Waals surface area contributed by atoms with Crippen molar-refractivity contribution in [2.75, 3.05) is 25.5 Å². The Hall–Kier alpha value is -2.44. The molecule has 1 saturated heterocycles. The van der Waals surface area contributed by atoms with Crippen molar-refractivity contribution in [2.45, 2.75) is 19.5 Å². The average molecular weight is 339 g/mol. The van der Waals surface area contributed by atoms with Gasteiger partial charge < -0.3 is 10.2 Å². The van der Waals surface area contributed by atoms with E-state index in [1.54, 1.807) is 6.20 Å². The zero-order valence-corrected chi connectivity index (χ0v) is 14.9. The Kier molecular flexibility index (Phi) is 5.31. The number of hydrazine groups is 1. The molecule has 2 heterocycles. The Labute approximate surface area is 148 Å². The van der Waals surface area contributed by atoms with Gasteiger partial charge in [0.1, 0.15) is 5.82 Å². The van der Waals surface area contributed by atoms with Crippen LogP contribution in [0.4, 0.5) is 5.82 Å². The summed E-state index contributed by atoms with van der Waals surface area (Å²) in [5.41, 5.74) is 9.67. The maximum absolute atomic E-state index is 12.7. The Morgan fingerprint density at radius 1 is 1.32 bits per heavy atom. The van der Waals surface area contributed by atoms with Crippen LogP contribution in [0, 0.1) is 12.8 Å². The van der Waals surface area contributed by atoms with E-state index < -0.39 is 0 Å². The smallest absolute Gasteiger partial charge is 0.226 e.